The molecule has 0 saturated heterocycles. The fraction of sp³-hybridized carbons (Fsp3) is 0. The molecule has 0 atom stereocenters. The van der Waals surface area contributed by atoms with E-state index in [4.69, 9.17) is 8.83 Å². The largest absolute Gasteiger partial charge is 0.456 e. The molecule has 13 rings (SSSR count). The Morgan fingerprint density at radius 1 is 0.297 bits per heavy atom. The number of aromatic nitrogens is 1. The van der Waals surface area contributed by atoms with Crippen LogP contribution >= 0.6 is 0 Å². The first-order valence-electron chi connectivity index (χ1n) is 21.7. The van der Waals surface area contributed by atoms with Crippen LogP contribution in [-0.4, -0.2) is 4.57 Å². The molecule has 3 heterocycles. The summed E-state index contributed by atoms with van der Waals surface area (Å²) in [5.74, 6) is 0. The zero-order valence-electron chi connectivity index (χ0n) is 34.7. The lowest BCUT2D eigenvalue weighted by Crippen LogP contribution is -2.09. The summed E-state index contributed by atoms with van der Waals surface area (Å²) >= 11 is 0. The lowest BCUT2D eigenvalue weighted by atomic mass is 9.93. The van der Waals surface area contributed by atoms with E-state index in [2.05, 4.69) is 222 Å². The van der Waals surface area contributed by atoms with Crippen LogP contribution in [0.2, 0.25) is 0 Å². The third kappa shape index (κ3) is 5.77. The second kappa shape index (κ2) is 14.5. The van der Waals surface area contributed by atoms with Gasteiger partial charge in [-0.2, -0.15) is 0 Å². The summed E-state index contributed by atoms with van der Waals surface area (Å²) in [7, 11) is 0. The highest BCUT2D eigenvalue weighted by atomic mass is 16.3. The molecular weight excluding hydrogens is 781 g/mol. The van der Waals surface area contributed by atoms with Gasteiger partial charge in [-0.05, 0) is 113 Å². The van der Waals surface area contributed by atoms with Crippen molar-refractivity contribution < 1.29 is 8.83 Å². The van der Waals surface area contributed by atoms with E-state index in [0.29, 0.717) is 0 Å². The van der Waals surface area contributed by atoms with Gasteiger partial charge in [0.25, 0.3) is 0 Å². The highest BCUT2D eigenvalue weighted by Gasteiger charge is 2.23. The number of hydrogen-bond acceptors (Lipinski definition) is 3. The predicted octanol–water partition coefficient (Wildman–Crippen LogP) is 17.1. The molecule has 0 unspecified atom stereocenters. The molecule has 300 valence electrons. The molecule has 4 nitrogen and oxygen atoms in total. The smallest absolute Gasteiger partial charge is 0.138 e. The number of anilines is 3. The van der Waals surface area contributed by atoms with Crippen molar-refractivity contribution >= 4 is 82.7 Å². The summed E-state index contributed by atoms with van der Waals surface area (Å²) in [4.78, 5) is 2.29. The molecule has 0 aliphatic carbocycles. The van der Waals surface area contributed by atoms with Crippen LogP contribution in [0.15, 0.2) is 239 Å². The average Bonchev–Trinajstić information content (AvgIpc) is 4.03. The first-order valence-corrected chi connectivity index (χ1v) is 21.7. The molecule has 0 fully saturated rings. The van der Waals surface area contributed by atoms with Gasteiger partial charge >= 0.3 is 0 Å². The number of benzene rings is 10. The second-order valence-electron chi connectivity index (χ2n) is 16.5. The highest BCUT2D eigenvalue weighted by Crippen LogP contribution is 2.47. The van der Waals surface area contributed by atoms with E-state index in [1.165, 1.54) is 16.3 Å². The van der Waals surface area contributed by atoms with E-state index in [1.54, 1.807) is 0 Å². The van der Waals surface area contributed by atoms with Crippen LogP contribution < -0.4 is 4.90 Å². The minimum Gasteiger partial charge on any atom is -0.456 e. The highest BCUT2D eigenvalue weighted by molar-refractivity contribution is 6.27. The van der Waals surface area contributed by atoms with Crippen molar-refractivity contribution in [3.05, 3.63) is 231 Å². The summed E-state index contributed by atoms with van der Waals surface area (Å²) in [6, 6.07) is 82.0. The Hall–Kier alpha value is -8.60. The SMILES string of the molecule is c1ccc(-c2c3c(cc4c2c2cc(-c5ccc6c(c5)oc5ccccc56)ccc2n4-c2ccc(-c4ccc(N(c5ccccc5)c5ccccc5)cc4)cc2)oc2ccccc23)cc1. The summed E-state index contributed by atoms with van der Waals surface area (Å²) in [5.41, 5.74) is 17.0. The third-order valence-corrected chi connectivity index (χ3v) is 12.8. The number of hydrogen-bond donors (Lipinski definition) is 0. The molecule has 0 N–H and O–H groups in total. The van der Waals surface area contributed by atoms with Crippen LogP contribution in [0.1, 0.15) is 0 Å². The van der Waals surface area contributed by atoms with Crippen LogP contribution in [0.3, 0.4) is 0 Å². The van der Waals surface area contributed by atoms with Crippen LogP contribution in [0.25, 0.3) is 105 Å². The Balaban J connectivity index is 0.984. The van der Waals surface area contributed by atoms with Gasteiger partial charge in [0, 0.05) is 66.7 Å². The summed E-state index contributed by atoms with van der Waals surface area (Å²) in [5, 5.41) is 6.85. The zero-order chi connectivity index (χ0) is 42.1. The fourth-order valence-corrected chi connectivity index (χ4v) is 9.85. The molecule has 4 heteroatoms. The summed E-state index contributed by atoms with van der Waals surface area (Å²) in [6.45, 7) is 0. The molecule has 0 radical (unpaired) electrons. The van der Waals surface area contributed by atoms with E-state index in [0.717, 1.165) is 105 Å². The Labute approximate surface area is 369 Å². The van der Waals surface area contributed by atoms with E-state index in [-0.39, 0.29) is 0 Å². The van der Waals surface area contributed by atoms with Crippen molar-refractivity contribution in [2.75, 3.05) is 4.90 Å². The predicted molar refractivity (Wildman–Crippen MR) is 266 cm³/mol. The maximum absolute atomic E-state index is 6.70. The number of nitrogens with zero attached hydrogens (tertiary/aromatic N) is 2. The minimum absolute atomic E-state index is 0.865. The molecule has 0 aliphatic rings. The van der Waals surface area contributed by atoms with Crippen LogP contribution in [0.5, 0.6) is 0 Å². The summed E-state index contributed by atoms with van der Waals surface area (Å²) in [6.07, 6.45) is 0. The van der Waals surface area contributed by atoms with Crippen molar-refractivity contribution in [3.8, 4) is 39.1 Å². The quantitative estimate of drug-likeness (QED) is 0.161. The molecule has 0 aliphatic heterocycles. The number of fused-ring (bicyclic) bond motifs is 9. The third-order valence-electron chi connectivity index (χ3n) is 12.8. The van der Waals surface area contributed by atoms with Crippen molar-refractivity contribution in [3.63, 3.8) is 0 Å². The van der Waals surface area contributed by atoms with E-state index < -0.39 is 0 Å². The number of furan rings is 2. The Kier molecular flexibility index (Phi) is 8.18. The molecule has 0 bridgehead atoms. The van der Waals surface area contributed by atoms with Crippen LogP contribution in [-0.2, 0) is 0 Å². The Morgan fingerprint density at radius 3 is 1.52 bits per heavy atom. The van der Waals surface area contributed by atoms with Crippen molar-refractivity contribution in [2.24, 2.45) is 0 Å². The molecule has 0 amide bonds. The lowest BCUT2D eigenvalue weighted by Gasteiger charge is -2.25. The van der Waals surface area contributed by atoms with Crippen molar-refractivity contribution in [1.29, 1.82) is 0 Å². The van der Waals surface area contributed by atoms with Gasteiger partial charge in [-0.15, -0.1) is 0 Å². The second-order valence-corrected chi connectivity index (χ2v) is 16.5. The van der Waals surface area contributed by atoms with Gasteiger partial charge in [0.2, 0.25) is 0 Å². The van der Waals surface area contributed by atoms with Gasteiger partial charge in [-0.1, -0.05) is 140 Å². The van der Waals surface area contributed by atoms with Crippen molar-refractivity contribution in [1.82, 2.24) is 4.57 Å². The van der Waals surface area contributed by atoms with E-state index in [9.17, 15) is 0 Å². The Morgan fingerprint density at radius 2 is 0.812 bits per heavy atom. The van der Waals surface area contributed by atoms with Crippen LogP contribution in [0, 0.1) is 0 Å². The van der Waals surface area contributed by atoms with E-state index >= 15 is 0 Å². The molecular formula is C60H38N2O2. The maximum Gasteiger partial charge on any atom is 0.138 e. The van der Waals surface area contributed by atoms with Crippen molar-refractivity contribution in [2.45, 2.75) is 0 Å². The average molecular weight is 819 g/mol. The summed E-state index contributed by atoms with van der Waals surface area (Å²) < 4.78 is 15.5. The maximum atomic E-state index is 6.70. The minimum atomic E-state index is 0.865. The van der Waals surface area contributed by atoms with Gasteiger partial charge < -0.3 is 18.3 Å². The lowest BCUT2D eigenvalue weighted by molar-refractivity contribution is 0.669. The topological polar surface area (TPSA) is 34.5 Å². The Bertz CT molecular complexity index is 3820. The van der Waals surface area contributed by atoms with Gasteiger partial charge in [-0.3, -0.25) is 0 Å². The standard InChI is InChI=1S/C60H38N2O2/c1-4-14-41(15-5-1)58-59-51-36-42(43-28-34-49-48-20-10-12-22-54(48)63-56(49)37-43)29-35-52(51)62(53(59)38-57-60(58)50-21-11-13-23-55(50)64-57)47-32-26-40(27-33-47)39-24-30-46(31-25-39)61(44-16-6-2-7-17-44)45-18-8-3-9-19-45/h1-38H. The van der Waals surface area contributed by atoms with Crippen LogP contribution in [0.4, 0.5) is 17.1 Å². The molecule has 3 aromatic heterocycles. The first-order chi connectivity index (χ1) is 31.7. The molecule has 64 heavy (non-hydrogen) atoms. The number of rotatable bonds is 7. The van der Waals surface area contributed by atoms with E-state index in [1.807, 2.05) is 18.2 Å². The fourth-order valence-electron chi connectivity index (χ4n) is 9.85. The molecule has 13 aromatic rings. The normalized spacial score (nSPS) is 11.8. The zero-order valence-corrected chi connectivity index (χ0v) is 34.7. The first kappa shape index (κ1) is 36.1. The van der Waals surface area contributed by atoms with Gasteiger partial charge in [-0.25, -0.2) is 0 Å². The van der Waals surface area contributed by atoms with Gasteiger partial charge in [0.1, 0.15) is 22.3 Å². The molecule has 0 spiro atoms. The van der Waals surface area contributed by atoms with Gasteiger partial charge in [0.05, 0.1) is 11.0 Å². The molecule has 10 aromatic carbocycles. The number of para-hydroxylation sites is 4. The molecule has 0 saturated carbocycles. The monoisotopic (exact) mass is 818 g/mol. The van der Waals surface area contributed by atoms with Gasteiger partial charge in [0.15, 0.2) is 0 Å².